The summed E-state index contributed by atoms with van der Waals surface area (Å²) in [7, 11) is 0. The van der Waals surface area contributed by atoms with E-state index in [2.05, 4.69) is 20.9 Å². The molecular weight excluding hydrogens is 334 g/mol. The summed E-state index contributed by atoms with van der Waals surface area (Å²) in [6, 6.07) is -1.19. The number of carbonyl (C=O) groups is 1. The van der Waals surface area contributed by atoms with Gasteiger partial charge in [0.25, 0.3) is 0 Å². The van der Waals surface area contributed by atoms with Crippen LogP contribution in [-0.2, 0) is 4.79 Å². The van der Waals surface area contributed by atoms with E-state index in [9.17, 15) is 15.0 Å². The van der Waals surface area contributed by atoms with E-state index in [1.165, 1.54) is 19.3 Å². The van der Waals surface area contributed by atoms with Gasteiger partial charge in [-0.15, -0.1) is 0 Å². The van der Waals surface area contributed by atoms with Crippen LogP contribution >= 0.6 is 0 Å². The van der Waals surface area contributed by atoms with Gasteiger partial charge in [0.05, 0.1) is 6.04 Å². The molecular formula is C18H31N5O3. The standard InChI is InChI=1S/C18H31N5O3/c1-10(11-5-3-2-4-6-11)21-17(25)14-15(24)18(26)23-16(22-14)13-9-12(19)7-8-20-13/h7,10-11,13-15,18,20,24,26H,2-6,8-9,19H2,1H3,(H,21,25)(H,22,23)/t10-,13?,14?,15?,18?/m1/s1. The Balaban J connectivity index is 1.68. The van der Waals surface area contributed by atoms with Crippen molar-refractivity contribution in [2.45, 2.75) is 75.9 Å². The van der Waals surface area contributed by atoms with E-state index in [4.69, 9.17) is 5.73 Å². The number of rotatable bonds is 4. The van der Waals surface area contributed by atoms with Crippen LogP contribution in [0.1, 0.15) is 45.4 Å². The van der Waals surface area contributed by atoms with Crippen LogP contribution in [0.4, 0.5) is 0 Å². The summed E-state index contributed by atoms with van der Waals surface area (Å²) in [6.45, 7) is 2.61. The largest absolute Gasteiger partial charge is 0.402 e. The number of hydrogen-bond donors (Lipinski definition) is 6. The van der Waals surface area contributed by atoms with Gasteiger partial charge >= 0.3 is 0 Å². The van der Waals surface area contributed by atoms with Crippen LogP contribution in [0, 0.1) is 5.92 Å². The second kappa shape index (κ2) is 8.37. The van der Waals surface area contributed by atoms with Crippen molar-refractivity contribution in [3.05, 3.63) is 11.8 Å². The molecule has 0 aromatic heterocycles. The van der Waals surface area contributed by atoms with Crippen molar-refractivity contribution in [2.75, 3.05) is 6.54 Å². The molecule has 0 spiro atoms. The van der Waals surface area contributed by atoms with E-state index in [-0.39, 0.29) is 18.0 Å². The fraction of sp³-hybridized carbons (Fsp3) is 0.778. The van der Waals surface area contributed by atoms with E-state index >= 15 is 0 Å². The molecule has 8 heteroatoms. The van der Waals surface area contributed by atoms with Crippen LogP contribution in [0.5, 0.6) is 0 Å². The molecule has 5 atom stereocenters. The fourth-order valence-electron chi connectivity index (χ4n) is 4.06. The average Bonchev–Trinajstić information content (AvgIpc) is 2.64. The normalized spacial score (nSPS) is 34.3. The predicted molar refractivity (Wildman–Crippen MR) is 99.2 cm³/mol. The van der Waals surface area contributed by atoms with Crippen molar-refractivity contribution in [2.24, 2.45) is 16.6 Å². The van der Waals surface area contributed by atoms with E-state index in [1.807, 2.05) is 13.0 Å². The van der Waals surface area contributed by atoms with E-state index in [0.717, 1.165) is 18.5 Å². The molecule has 3 aliphatic rings. The van der Waals surface area contributed by atoms with E-state index in [1.54, 1.807) is 0 Å². The smallest absolute Gasteiger partial charge is 0.247 e. The van der Waals surface area contributed by atoms with Gasteiger partial charge in [-0.25, -0.2) is 0 Å². The van der Waals surface area contributed by atoms with Crippen LogP contribution in [0.3, 0.4) is 0 Å². The number of nitrogens with one attached hydrogen (secondary N) is 3. The van der Waals surface area contributed by atoms with Gasteiger partial charge in [0, 0.05) is 24.7 Å². The number of aliphatic hydroxyl groups excluding tert-OH is 2. The molecule has 1 amide bonds. The number of nitrogens with zero attached hydrogens (tertiary/aromatic N) is 1. The molecule has 2 aliphatic heterocycles. The maximum absolute atomic E-state index is 12.7. The highest BCUT2D eigenvalue weighted by Crippen LogP contribution is 2.26. The van der Waals surface area contributed by atoms with Crippen LogP contribution in [-0.4, -0.2) is 59.0 Å². The molecule has 2 heterocycles. The lowest BCUT2D eigenvalue weighted by Crippen LogP contribution is -2.62. The Kier molecular flexibility index (Phi) is 6.16. The van der Waals surface area contributed by atoms with Gasteiger partial charge in [-0.3, -0.25) is 9.79 Å². The lowest BCUT2D eigenvalue weighted by Gasteiger charge is -2.36. The highest BCUT2D eigenvalue weighted by molar-refractivity contribution is 5.93. The summed E-state index contributed by atoms with van der Waals surface area (Å²) in [5.41, 5.74) is 6.63. The van der Waals surface area contributed by atoms with Crippen LogP contribution in [0.2, 0.25) is 0 Å². The van der Waals surface area contributed by atoms with Crippen molar-refractivity contribution in [3.8, 4) is 0 Å². The Hall–Kier alpha value is -1.64. The van der Waals surface area contributed by atoms with Gasteiger partial charge < -0.3 is 31.9 Å². The number of aliphatic imine (C=N–C) groups is 1. The van der Waals surface area contributed by atoms with Crippen LogP contribution in [0.25, 0.3) is 0 Å². The molecule has 1 aliphatic carbocycles. The first-order chi connectivity index (χ1) is 12.5. The summed E-state index contributed by atoms with van der Waals surface area (Å²) in [4.78, 5) is 17.1. The van der Waals surface area contributed by atoms with Gasteiger partial charge in [0.2, 0.25) is 5.91 Å². The monoisotopic (exact) mass is 365 g/mol. The number of amidine groups is 1. The second-order valence-corrected chi connectivity index (χ2v) is 7.68. The minimum Gasteiger partial charge on any atom is -0.402 e. The molecule has 26 heavy (non-hydrogen) atoms. The molecule has 146 valence electrons. The number of carbonyl (C=O) groups excluding carboxylic acids is 1. The molecule has 0 bridgehead atoms. The Bertz CT molecular complexity index is 573. The van der Waals surface area contributed by atoms with Gasteiger partial charge in [-0.1, -0.05) is 25.3 Å². The summed E-state index contributed by atoms with van der Waals surface area (Å²) < 4.78 is 0. The molecule has 3 rings (SSSR count). The minimum absolute atomic E-state index is 0.0343. The van der Waals surface area contributed by atoms with Gasteiger partial charge in [0.1, 0.15) is 11.9 Å². The third kappa shape index (κ3) is 4.36. The first-order valence-corrected chi connectivity index (χ1v) is 9.64. The Morgan fingerprint density at radius 2 is 2.08 bits per heavy atom. The maximum atomic E-state index is 12.7. The maximum Gasteiger partial charge on any atom is 0.247 e. The summed E-state index contributed by atoms with van der Waals surface area (Å²) in [6.07, 6.45) is 5.80. The zero-order chi connectivity index (χ0) is 18.7. The molecule has 1 saturated carbocycles. The number of hydrogen-bond acceptors (Lipinski definition) is 7. The first-order valence-electron chi connectivity index (χ1n) is 9.64. The molecule has 0 saturated heterocycles. The van der Waals surface area contributed by atoms with Crippen molar-refractivity contribution in [1.82, 2.24) is 16.0 Å². The van der Waals surface area contributed by atoms with Gasteiger partial charge in [-0.05, 0) is 25.7 Å². The Morgan fingerprint density at radius 3 is 2.77 bits per heavy atom. The van der Waals surface area contributed by atoms with Crippen molar-refractivity contribution >= 4 is 11.7 Å². The van der Waals surface area contributed by atoms with Gasteiger partial charge in [0.15, 0.2) is 12.3 Å². The number of aliphatic hydroxyl groups is 2. The van der Waals surface area contributed by atoms with Gasteiger partial charge in [-0.2, -0.15) is 0 Å². The first kappa shape index (κ1) is 19.1. The molecule has 8 nitrogen and oxygen atoms in total. The van der Waals surface area contributed by atoms with Crippen LogP contribution < -0.4 is 21.7 Å². The summed E-state index contributed by atoms with van der Waals surface area (Å²) in [5.74, 6) is 0.585. The van der Waals surface area contributed by atoms with Crippen molar-refractivity contribution < 1.29 is 15.0 Å². The fourth-order valence-corrected chi connectivity index (χ4v) is 4.06. The lowest BCUT2D eigenvalue weighted by atomic mass is 9.84. The van der Waals surface area contributed by atoms with Crippen molar-refractivity contribution in [1.29, 1.82) is 0 Å². The number of amides is 1. The summed E-state index contributed by atoms with van der Waals surface area (Å²) >= 11 is 0. The SMILES string of the molecule is C[C@@H](NC(=O)C1N=C(C2CC(N)=CCN2)NC(O)C1O)C1CCCCC1. The molecule has 0 radical (unpaired) electrons. The number of nitrogens with two attached hydrogens (primary N) is 1. The molecule has 0 aromatic rings. The third-order valence-electron chi connectivity index (χ3n) is 5.71. The minimum atomic E-state index is -1.28. The zero-order valence-electron chi connectivity index (χ0n) is 15.3. The predicted octanol–water partition coefficient (Wildman–Crippen LogP) is -0.674. The second-order valence-electron chi connectivity index (χ2n) is 7.68. The van der Waals surface area contributed by atoms with E-state index < -0.39 is 18.4 Å². The summed E-state index contributed by atoms with van der Waals surface area (Å²) in [5, 5.41) is 29.4. The molecule has 1 fully saturated rings. The van der Waals surface area contributed by atoms with Crippen molar-refractivity contribution in [3.63, 3.8) is 0 Å². The zero-order valence-corrected chi connectivity index (χ0v) is 15.3. The van der Waals surface area contributed by atoms with E-state index in [0.29, 0.717) is 24.7 Å². The Labute approximate surface area is 154 Å². The highest BCUT2D eigenvalue weighted by atomic mass is 16.3. The molecule has 7 N–H and O–H groups in total. The van der Waals surface area contributed by atoms with Crippen LogP contribution in [0.15, 0.2) is 16.8 Å². The molecule has 0 aromatic carbocycles. The highest BCUT2D eigenvalue weighted by Gasteiger charge is 2.39. The lowest BCUT2D eigenvalue weighted by molar-refractivity contribution is -0.128. The third-order valence-corrected chi connectivity index (χ3v) is 5.71. The average molecular weight is 365 g/mol. The quantitative estimate of drug-likeness (QED) is 0.391. The molecule has 4 unspecified atom stereocenters. The topological polar surface area (TPSA) is 132 Å². The Morgan fingerprint density at radius 1 is 1.35 bits per heavy atom.